The van der Waals surface area contributed by atoms with Crippen molar-refractivity contribution in [2.24, 2.45) is 0 Å². The number of hydrogen-bond acceptors (Lipinski definition) is 3. The molecule has 0 saturated carbocycles. The second-order valence-corrected chi connectivity index (χ2v) is 5.46. The van der Waals surface area contributed by atoms with Crippen molar-refractivity contribution >= 4 is 0 Å². The summed E-state index contributed by atoms with van der Waals surface area (Å²) in [5, 5.41) is 10.2. The standard InChI is InChI=1S/C18H24N2O/c1-3-15-9-10-17(19-13-15)14-20(2)12-11-18(21)16-7-5-4-6-8-16/h4-10,13,18,21H,3,11-12,14H2,1-2H3. The van der Waals surface area contributed by atoms with Crippen LogP contribution in [0.2, 0.25) is 0 Å². The van der Waals surface area contributed by atoms with Crippen LogP contribution in [-0.4, -0.2) is 28.6 Å². The van der Waals surface area contributed by atoms with E-state index >= 15 is 0 Å². The molecule has 21 heavy (non-hydrogen) atoms. The van der Waals surface area contributed by atoms with Gasteiger partial charge in [-0.1, -0.05) is 43.3 Å². The van der Waals surface area contributed by atoms with E-state index in [0.29, 0.717) is 0 Å². The molecule has 3 heteroatoms. The van der Waals surface area contributed by atoms with Gasteiger partial charge in [-0.15, -0.1) is 0 Å². The summed E-state index contributed by atoms with van der Waals surface area (Å²) < 4.78 is 0. The Morgan fingerprint density at radius 2 is 1.90 bits per heavy atom. The predicted molar refractivity (Wildman–Crippen MR) is 86.0 cm³/mol. The zero-order chi connectivity index (χ0) is 15.1. The molecule has 3 nitrogen and oxygen atoms in total. The molecule has 0 saturated heterocycles. The lowest BCUT2D eigenvalue weighted by Gasteiger charge is -2.18. The van der Waals surface area contributed by atoms with Crippen LogP contribution in [0.5, 0.6) is 0 Å². The minimum Gasteiger partial charge on any atom is -0.388 e. The van der Waals surface area contributed by atoms with E-state index in [9.17, 15) is 5.11 Å². The van der Waals surface area contributed by atoms with Gasteiger partial charge in [0.25, 0.3) is 0 Å². The molecule has 0 radical (unpaired) electrons. The maximum Gasteiger partial charge on any atom is 0.0802 e. The molecule has 0 amide bonds. The molecule has 2 rings (SSSR count). The molecule has 0 aliphatic carbocycles. The normalized spacial score (nSPS) is 12.6. The molecule has 1 aromatic carbocycles. The van der Waals surface area contributed by atoms with Crippen LogP contribution in [0.3, 0.4) is 0 Å². The lowest BCUT2D eigenvalue weighted by atomic mass is 10.1. The summed E-state index contributed by atoms with van der Waals surface area (Å²) in [5.74, 6) is 0. The van der Waals surface area contributed by atoms with Gasteiger partial charge in [0, 0.05) is 19.3 Å². The van der Waals surface area contributed by atoms with Gasteiger partial charge in [-0.3, -0.25) is 4.98 Å². The van der Waals surface area contributed by atoms with E-state index in [-0.39, 0.29) is 0 Å². The number of rotatable bonds is 7. The van der Waals surface area contributed by atoms with Crippen LogP contribution < -0.4 is 0 Å². The molecule has 0 bridgehead atoms. The van der Waals surface area contributed by atoms with Crippen LogP contribution in [0.25, 0.3) is 0 Å². The summed E-state index contributed by atoms with van der Waals surface area (Å²) in [5.41, 5.74) is 3.32. The third kappa shape index (κ3) is 4.96. The fraction of sp³-hybridized carbons (Fsp3) is 0.389. The van der Waals surface area contributed by atoms with Crippen LogP contribution >= 0.6 is 0 Å². The summed E-state index contributed by atoms with van der Waals surface area (Å²) >= 11 is 0. The summed E-state index contributed by atoms with van der Waals surface area (Å²) in [7, 11) is 2.06. The van der Waals surface area contributed by atoms with E-state index < -0.39 is 6.10 Å². The quantitative estimate of drug-likeness (QED) is 0.848. The maximum atomic E-state index is 10.2. The third-order valence-electron chi connectivity index (χ3n) is 3.69. The van der Waals surface area contributed by atoms with E-state index in [4.69, 9.17) is 0 Å². The first kappa shape index (κ1) is 15.7. The number of aliphatic hydroxyl groups excluding tert-OH is 1. The molecular formula is C18H24N2O. The lowest BCUT2D eigenvalue weighted by molar-refractivity contribution is 0.147. The number of aliphatic hydroxyl groups is 1. The van der Waals surface area contributed by atoms with E-state index in [2.05, 4.69) is 36.0 Å². The van der Waals surface area contributed by atoms with Crippen LogP contribution in [-0.2, 0) is 13.0 Å². The van der Waals surface area contributed by atoms with Crippen molar-refractivity contribution in [1.29, 1.82) is 0 Å². The lowest BCUT2D eigenvalue weighted by Crippen LogP contribution is -2.21. The zero-order valence-electron chi connectivity index (χ0n) is 12.9. The molecule has 1 unspecified atom stereocenters. The Bertz CT molecular complexity index is 525. The molecule has 112 valence electrons. The van der Waals surface area contributed by atoms with E-state index in [1.54, 1.807) is 0 Å². The van der Waals surface area contributed by atoms with Gasteiger partial charge in [0.15, 0.2) is 0 Å². The Morgan fingerprint density at radius 1 is 1.14 bits per heavy atom. The number of aromatic nitrogens is 1. The topological polar surface area (TPSA) is 36.4 Å². The van der Waals surface area contributed by atoms with Gasteiger partial charge in [-0.2, -0.15) is 0 Å². The Labute approximate surface area is 127 Å². The maximum absolute atomic E-state index is 10.2. The fourth-order valence-electron chi connectivity index (χ4n) is 2.30. The van der Waals surface area contributed by atoms with Crippen molar-refractivity contribution in [2.75, 3.05) is 13.6 Å². The first-order chi connectivity index (χ1) is 10.2. The molecule has 1 aromatic heterocycles. The summed E-state index contributed by atoms with van der Waals surface area (Å²) in [4.78, 5) is 6.67. The van der Waals surface area contributed by atoms with Crippen molar-refractivity contribution < 1.29 is 5.11 Å². The SMILES string of the molecule is CCc1ccc(CN(C)CCC(O)c2ccccc2)nc1. The number of benzene rings is 1. The van der Waals surface area contributed by atoms with Crippen molar-refractivity contribution in [3.8, 4) is 0 Å². The average molecular weight is 284 g/mol. The van der Waals surface area contributed by atoms with E-state index in [0.717, 1.165) is 37.2 Å². The molecule has 0 aliphatic rings. The predicted octanol–water partition coefficient (Wildman–Crippen LogP) is 3.20. The molecule has 0 aliphatic heterocycles. The first-order valence-electron chi connectivity index (χ1n) is 7.54. The highest BCUT2D eigenvalue weighted by Crippen LogP contribution is 2.16. The highest BCUT2D eigenvalue weighted by molar-refractivity contribution is 5.17. The van der Waals surface area contributed by atoms with Crippen LogP contribution in [0.1, 0.15) is 36.3 Å². The summed E-state index contributed by atoms with van der Waals surface area (Å²) in [6, 6.07) is 14.0. The first-order valence-corrected chi connectivity index (χ1v) is 7.54. The average Bonchev–Trinajstić information content (AvgIpc) is 2.54. The Hall–Kier alpha value is -1.71. The van der Waals surface area contributed by atoms with Gasteiger partial charge in [-0.05, 0) is 37.1 Å². The zero-order valence-corrected chi connectivity index (χ0v) is 12.9. The molecule has 2 aromatic rings. The highest BCUT2D eigenvalue weighted by atomic mass is 16.3. The van der Waals surface area contributed by atoms with E-state index in [1.165, 1.54) is 5.56 Å². The molecule has 1 atom stereocenters. The third-order valence-corrected chi connectivity index (χ3v) is 3.69. The van der Waals surface area contributed by atoms with E-state index in [1.807, 2.05) is 36.5 Å². The number of hydrogen-bond donors (Lipinski definition) is 1. The smallest absolute Gasteiger partial charge is 0.0802 e. The highest BCUT2D eigenvalue weighted by Gasteiger charge is 2.09. The molecule has 0 spiro atoms. The molecule has 0 fully saturated rings. The minimum atomic E-state index is -0.399. The monoisotopic (exact) mass is 284 g/mol. The molecule has 1 heterocycles. The van der Waals surface area contributed by atoms with Gasteiger partial charge < -0.3 is 10.0 Å². The van der Waals surface area contributed by atoms with Gasteiger partial charge in [0.1, 0.15) is 0 Å². The Morgan fingerprint density at radius 3 is 2.52 bits per heavy atom. The number of aryl methyl sites for hydroxylation is 1. The Kier molecular flexibility index (Phi) is 5.90. The van der Waals surface area contributed by atoms with Gasteiger partial charge in [0.2, 0.25) is 0 Å². The number of nitrogens with zero attached hydrogens (tertiary/aromatic N) is 2. The largest absolute Gasteiger partial charge is 0.388 e. The van der Waals surface area contributed by atoms with Crippen LogP contribution in [0, 0.1) is 0 Å². The second-order valence-electron chi connectivity index (χ2n) is 5.46. The van der Waals surface area contributed by atoms with Gasteiger partial charge in [0.05, 0.1) is 11.8 Å². The fourth-order valence-corrected chi connectivity index (χ4v) is 2.30. The van der Waals surface area contributed by atoms with Crippen molar-refractivity contribution in [3.05, 3.63) is 65.5 Å². The van der Waals surface area contributed by atoms with Gasteiger partial charge in [-0.25, -0.2) is 0 Å². The van der Waals surface area contributed by atoms with Gasteiger partial charge >= 0.3 is 0 Å². The molecule has 1 N–H and O–H groups in total. The molecular weight excluding hydrogens is 260 g/mol. The number of pyridine rings is 1. The van der Waals surface area contributed by atoms with Crippen LogP contribution in [0.15, 0.2) is 48.7 Å². The summed E-state index contributed by atoms with van der Waals surface area (Å²) in [6.45, 7) is 3.78. The van der Waals surface area contributed by atoms with Crippen LogP contribution in [0.4, 0.5) is 0 Å². The van der Waals surface area contributed by atoms with Crippen molar-refractivity contribution in [2.45, 2.75) is 32.4 Å². The summed E-state index contributed by atoms with van der Waals surface area (Å²) in [6.07, 6.45) is 3.30. The minimum absolute atomic E-state index is 0.399. The Balaban J connectivity index is 1.80. The second kappa shape index (κ2) is 7.91. The van der Waals surface area contributed by atoms with Crippen molar-refractivity contribution in [3.63, 3.8) is 0 Å². The van der Waals surface area contributed by atoms with Crippen molar-refractivity contribution in [1.82, 2.24) is 9.88 Å².